The molecule has 4 rings (SSSR count). The molecule has 0 saturated carbocycles. The van der Waals surface area contributed by atoms with E-state index in [-0.39, 0.29) is 36.6 Å². The highest BCUT2D eigenvalue weighted by Crippen LogP contribution is 2.54. The van der Waals surface area contributed by atoms with E-state index in [0.29, 0.717) is 24.9 Å². The molecule has 3 aliphatic heterocycles. The molecule has 3 heterocycles. The molecule has 3 saturated heterocycles. The van der Waals surface area contributed by atoms with Gasteiger partial charge < -0.3 is 25.2 Å². The van der Waals surface area contributed by atoms with Gasteiger partial charge in [-0.1, -0.05) is 18.2 Å². The molecular formula is C22H31N3O6. The predicted molar refractivity (Wildman–Crippen MR) is 113 cm³/mol. The Morgan fingerprint density at radius 3 is 2.81 bits per heavy atom. The molecule has 2 amide bonds. The summed E-state index contributed by atoms with van der Waals surface area (Å²) in [6.07, 6.45) is 2.29. The molecule has 3 aliphatic rings. The number of hydrogen-bond donors (Lipinski definition) is 3. The van der Waals surface area contributed by atoms with Crippen molar-refractivity contribution in [3.8, 4) is 5.75 Å². The van der Waals surface area contributed by atoms with Gasteiger partial charge >= 0.3 is 0 Å². The largest absolute Gasteiger partial charge is 0.484 e. The van der Waals surface area contributed by atoms with Crippen LogP contribution in [-0.2, 0) is 19.1 Å². The first-order valence-corrected chi connectivity index (χ1v) is 10.6. The summed E-state index contributed by atoms with van der Waals surface area (Å²) in [4.78, 5) is 34.6. The van der Waals surface area contributed by atoms with Crippen molar-refractivity contribution >= 4 is 18.3 Å². The molecule has 4 atom stereocenters. The van der Waals surface area contributed by atoms with Crippen LogP contribution in [0.2, 0.25) is 0 Å². The highest BCUT2D eigenvalue weighted by Gasteiger charge is 2.62. The van der Waals surface area contributed by atoms with Gasteiger partial charge in [0.2, 0.25) is 5.91 Å². The molecule has 1 aromatic rings. The zero-order valence-electron chi connectivity index (χ0n) is 18.0. The van der Waals surface area contributed by atoms with Gasteiger partial charge in [0.1, 0.15) is 5.75 Å². The van der Waals surface area contributed by atoms with Crippen LogP contribution in [0.15, 0.2) is 24.3 Å². The van der Waals surface area contributed by atoms with Gasteiger partial charge in [-0.05, 0) is 31.4 Å². The fourth-order valence-corrected chi connectivity index (χ4v) is 5.11. The molecule has 1 spiro atoms. The van der Waals surface area contributed by atoms with E-state index in [2.05, 4.69) is 15.5 Å². The fourth-order valence-electron chi connectivity index (χ4n) is 5.11. The summed E-state index contributed by atoms with van der Waals surface area (Å²) in [5.74, 6) is 1.32. The zero-order valence-corrected chi connectivity index (χ0v) is 18.0. The number of amides is 2. The Morgan fingerprint density at radius 2 is 2.10 bits per heavy atom. The lowest BCUT2D eigenvalue weighted by atomic mass is 9.73. The first-order valence-electron chi connectivity index (χ1n) is 10.6. The third-order valence-corrected chi connectivity index (χ3v) is 6.49. The normalized spacial score (nSPS) is 28.3. The number of rotatable bonds is 7. The second-order valence-electron chi connectivity index (χ2n) is 8.34. The van der Waals surface area contributed by atoms with E-state index in [0.717, 1.165) is 37.2 Å². The fraction of sp³-hybridized carbons (Fsp3) is 0.591. The van der Waals surface area contributed by atoms with Gasteiger partial charge in [0, 0.05) is 38.5 Å². The second kappa shape index (κ2) is 10.1. The molecule has 170 valence electrons. The van der Waals surface area contributed by atoms with Crippen LogP contribution in [0.4, 0.5) is 0 Å². The van der Waals surface area contributed by atoms with E-state index in [1.54, 1.807) is 7.05 Å². The Labute approximate surface area is 182 Å². The lowest BCUT2D eigenvalue weighted by Gasteiger charge is -2.29. The summed E-state index contributed by atoms with van der Waals surface area (Å²) in [6.45, 7) is 4.39. The molecule has 3 N–H and O–H groups in total. The minimum absolute atomic E-state index is 0.0156. The summed E-state index contributed by atoms with van der Waals surface area (Å²) in [5, 5.41) is 12.6. The molecule has 9 nitrogen and oxygen atoms in total. The lowest BCUT2D eigenvalue weighted by molar-refractivity contribution is -0.124. The lowest BCUT2D eigenvalue weighted by Crippen LogP contribution is -2.42. The Bertz CT molecular complexity index is 803. The van der Waals surface area contributed by atoms with E-state index in [9.17, 15) is 9.59 Å². The average molecular weight is 434 g/mol. The van der Waals surface area contributed by atoms with Crippen molar-refractivity contribution in [2.75, 3.05) is 39.8 Å². The molecular weight excluding hydrogens is 402 g/mol. The molecule has 2 bridgehead atoms. The van der Waals surface area contributed by atoms with E-state index >= 15 is 0 Å². The quantitative estimate of drug-likeness (QED) is 0.534. The minimum Gasteiger partial charge on any atom is -0.484 e. The van der Waals surface area contributed by atoms with Crippen molar-refractivity contribution in [2.45, 2.75) is 31.5 Å². The number of hydrogen-bond acceptors (Lipinski definition) is 6. The summed E-state index contributed by atoms with van der Waals surface area (Å²) in [5.41, 5.74) is 0.882. The van der Waals surface area contributed by atoms with Crippen LogP contribution in [-0.4, -0.2) is 79.8 Å². The maximum Gasteiger partial charge on any atom is 0.290 e. The Kier molecular flexibility index (Phi) is 7.50. The van der Waals surface area contributed by atoms with Gasteiger partial charge in [-0.15, -0.1) is 0 Å². The van der Waals surface area contributed by atoms with Gasteiger partial charge in [-0.2, -0.15) is 0 Å². The molecule has 9 heteroatoms. The molecule has 0 aromatic heterocycles. The zero-order chi connectivity index (χ0) is 22.4. The van der Waals surface area contributed by atoms with Crippen molar-refractivity contribution in [1.82, 2.24) is 15.5 Å². The Morgan fingerprint density at radius 1 is 1.35 bits per heavy atom. The summed E-state index contributed by atoms with van der Waals surface area (Å²) in [6, 6.07) is 7.68. The molecule has 3 fully saturated rings. The van der Waals surface area contributed by atoms with Crippen LogP contribution in [0.25, 0.3) is 0 Å². The monoisotopic (exact) mass is 433 g/mol. The predicted octanol–water partition coefficient (Wildman–Crippen LogP) is 0.416. The number of likely N-dealkylation sites (N-methyl/N-ethyl adjacent to an activating group) is 1. The highest BCUT2D eigenvalue weighted by atomic mass is 16.5. The van der Waals surface area contributed by atoms with Crippen molar-refractivity contribution in [3.05, 3.63) is 29.8 Å². The number of nitrogens with one attached hydrogen (secondary N) is 2. The molecule has 0 radical (unpaired) electrons. The number of carbonyl (C=O) groups excluding carboxylic acids is 2. The molecule has 1 aromatic carbocycles. The van der Waals surface area contributed by atoms with Crippen molar-refractivity contribution in [3.63, 3.8) is 0 Å². The Hall–Kier alpha value is -2.65. The van der Waals surface area contributed by atoms with E-state index in [1.807, 2.05) is 31.2 Å². The number of para-hydroxylation sites is 1. The average Bonchev–Trinajstić information content (AvgIpc) is 3.40. The number of carboxylic acid groups (broad SMARTS) is 1. The molecule has 31 heavy (non-hydrogen) atoms. The smallest absolute Gasteiger partial charge is 0.290 e. The van der Waals surface area contributed by atoms with Crippen LogP contribution in [0, 0.1) is 18.8 Å². The van der Waals surface area contributed by atoms with E-state index < -0.39 is 0 Å². The van der Waals surface area contributed by atoms with Gasteiger partial charge in [-0.25, -0.2) is 0 Å². The number of ether oxygens (including phenoxy) is 2. The third kappa shape index (κ3) is 5.16. The Balaban J connectivity index is 0.000000858. The van der Waals surface area contributed by atoms with Gasteiger partial charge in [-0.3, -0.25) is 19.3 Å². The number of fused-ring (bicyclic) bond motifs is 1. The minimum atomic E-state index is -0.250. The van der Waals surface area contributed by atoms with Crippen molar-refractivity contribution in [1.29, 1.82) is 0 Å². The second-order valence-corrected chi connectivity index (χ2v) is 8.34. The summed E-state index contributed by atoms with van der Waals surface area (Å²) >= 11 is 0. The number of aryl methyl sites for hydroxylation is 1. The summed E-state index contributed by atoms with van der Waals surface area (Å²) in [7, 11) is 1.66. The SMILES string of the molecule is CNC(=O)CN1C[C@@H]2[C@H](CNC(=O)COc3ccccc3C)[C@H]3CC[C@]2(C1)O3.O=CO. The molecule has 0 unspecified atom stereocenters. The van der Waals surface area contributed by atoms with Crippen LogP contribution in [0.1, 0.15) is 18.4 Å². The summed E-state index contributed by atoms with van der Waals surface area (Å²) < 4.78 is 12.0. The van der Waals surface area contributed by atoms with Gasteiger partial charge in [0.15, 0.2) is 6.61 Å². The third-order valence-electron chi connectivity index (χ3n) is 6.49. The first kappa shape index (κ1) is 23.0. The highest BCUT2D eigenvalue weighted by molar-refractivity contribution is 5.78. The standard InChI is InChI=1S/C21H29N3O4.CH2O2/c1-14-5-3-4-6-17(14)27-12-20(26)23-9-15-16-10-24(11-19(25)22-2)13-21(16)8-7-18(15)28-21;2-1-3/h3-6,15-16,18H,7-13H2,1-2H3,(H,22,25)(H,23,26);1H,(H,2,3)/t15-,16+,18+,21+;/m0./s1. The maximum absolute atomic E-state index is 12.3. The van der Waals surface area contributed by atoms with Crippen molar-refractivity contribution in [2.24, 2.45) is 11.8 Å². The first-order chi connectivity index (χ1) is 14.9. The van der Waals surface area contributed by atoms with Crippen LogP contribution >= 0.6 is 0 Å². The number of carbonyl (C=O) groups is 3. The van der Waals surface area contributed by atoms with Gasteiger partial charge in [0.25, 0.3) is 12.4 Å². The maximum atomic E-state index is 12.3. The number of benzene rings is 1. The van der Waals surface area contributed by atoms with Crippen LogP contribution in [0.3, 0.4) is 0 Å². The topological polar surface area (TPSA) is 117 Å². The molecule has 0 aliphatic carbocycles. The van der Waals surface area contributed by atoms with E-state index in [1.165, 1.54) is 0 Å². The van der Waals surface area contributed by atoms with Crippen LogP contribution < -0.4 is 15.4 Å². The van der Waals surface area contributed by atoms with Gasteiger partial charge in [0.05, 0.1) is 18.2 Å². The van der Waals surface area contributed by atoms with E-state index in [4.69, 9.17) is 19.4 Å². The van der Waals surface area contributed by atoms with Crippen molar-refractivity contribution < 1.29 is 29.0 Å². The number of nitrogens with zero attached hydrogens (tertiary/aromatic N) is 1. The van der Waals surface area contributed by atoms with Crippen LogP contribution in [0.5, 0.6) is 5.75 Å². The number of likely N-dealkylation sites (tertiary alicyclic amines) is 1.